The number of hydrogen-bond acceptors (Lipinski definition) is 6. The van der Waals surface area contributed by atoms with Crippen molar-refractivity contribution < 1.29 is 13.2 Å². The molecule has 0 saturated heterocycles. The Balaban J connectivity index is 1.65. The van der Waals surface area contributed by atoms with E-state index in [2.05, 4.69) is 15.4 Å². The van der Waals surface area contributed by atoms with Gasteiger partial charge >= 0.3 is 0 Å². The standard InChI is InChI=1S/C17H19N5O3S2/c1-12-9-13(2)22(20-12)15-7-6-14(10-18-15)19-16(23)11-21(3)27(24,25)17-5-4-8-26-17/h4-10H,11H2,1-3H3,(H,19,23). The first kappa shape index (κ1) is 19.2. The fourth-order valence-electron chi connectivity index (χ4n) is 2.50. The normalized spacial score (nSPS) is 11.7. The summed E-state index contributed by atoms with van der Waals surface area (Å²) in [6.45, 7) is 3.54. The highest BCUT2D eigenvalue weighted by atomic mass is 32.2. The first-order valence-corrected chi connectivity index (χ1v) is 10.4. The van der Waals surface area contributed by atoms with Crippen LogP contribution < -0.4 is 5.32 Å². The van der Waals surface area contributed by atoms with Crippen LogP contribution in [-0.2, 0) is 14.8 Å². The van der Waals surface area contributed by atoms with Crippen LogP contribution in [0.1, 0.15) is 11.4 Å². The summed E-state index contributed by atoms with van der Waals surface area (Å²) in [6.07, 6.45) is 1.51. The minimum atomic E-state index is -3.66. The van der Waals surface area contributed by atoms with E-state index >= 15 is 0 Å². The van der Waals surface area contributed by atoms with Crippen LogP contribution in [0.3, 0.4) is 0 Å². The maximum atomic E-state index is 12.4. The molecule has 3 aromatic rings. The van der Waals surface area contributed by atoms with Gasteiger partial charge in [0.2, 0.25) is 5.91 Å². The number of likely N-dealkylation sites (N-methyl/N-ethyl adjacent to an activating group) is 1. The summed E-state index contributed by atoms with van der Waals surface area (Å²) in [6, 6.07) is 8.55. The van der Waals surface area contributed by atoms with Gasteiger partial charge in [-0.1, -0.05) is 6.07 Å². The van der Waals surface area contributed by atoms with Gasteiger partial charge in [-0.2, -0.15) is 9.40 Å². The lowest BCUT2D eigenvalue weighted by Crippen LogP contribution is -2.34. The predicted octanol–water partition coefficient (Wildman–Crippen LogP) is 2.20. The minimum absolute atomic E-state index is 0.203. The predicted molar refractivity (Wildman–Crippen MR) is 104 cm³/mol. The fourth-order valence-corrected chi connectivity index (χ4v) is 4.83. The molecular formula is C17H19N5O3S2. The number of aryl methyl sites for hydroxylation is 2. The summed E-state index contributed by atoms with van der Waals surface area (Å²) < 4.78 is 27.6. The smallest absolute Gasteiger partial charge is 0.252 e. The van der Waals surface area contributed by atoms with Gasteiger partial charge in [-0.25, -0.2) is 18.1 Å². The number of sulfonamides is 1. The van der Waals surface area contributed by atoms with E-state index in [0.29, 0.717) is 11.5 Å². The third-order valence-corrected chi connectivity index (χ3v) is 6.96. The van der Waals surface area contributed by atoms with Crippen molar-refractivity contribution in [3.63, 3.8) is 0 Å². The Labute approximate surface area is 161 Å². The van der Waals surface area contributed by atoms with E-state index in [1.807, 2.05) is 19.9 Å². The lowest BCUT2D eigenvalue weighted by molar-refractivity contribution is -0.116. The molecule has 3 aromatic heterocycles. The number of nitrogens with one attached hydrogen (secondary N) is 1. The van der Waals surface area contributed by atoms with Gasteiger partial charge in [-0.15, -0.1) is 11.3 Å². The summed E-state index contributed by atoms with van der Waals surface area (Å²) >= 11 is 1.11. The van der Waals surface area contributed by atoms with Crippen LogP contribution >= 0.6 is 11.3 Å². The Morgan fingerprint density at radius 1 is 1.30 bits per heavy atom. The van der Waals surface area contributed by atoms with Crippen molar-refractivity contribution in [2.75, 3.05) is 18.9 Å². The molecule has 0 aliphatic rings. The third-order valence-electron chi connectivity index (χ3n) is 3.78. The second-order valence-electron chi connectivity index (χ2n) is 5.99. The number of amides is 1. The van der Waals surface area contributed by atoms with Gasteiger partial charge in [0, 0.05) is 12.7 Å². The largest absolute Gasteiger partial charge is 0.324 e. The summed E-state index contributed by atoms with van der Waals surface area (Å²) in [5, 5.41) is 8.69. The zero-order valence-electron chi connectivity index (χ0n) is 15.1. The van der Waals surface area contributed by atoms with Crippen molar-refractivity contribution in [2.24, 2.45) is 0 Å². The molecule has 10 heteroatoms. The number of aromatic nitrogens is 3. The zero-order valence-corrected chi connectivity index (χ0v) is 16.7. The number of hydrogen-bond donors (Lipinski definition) is 1. The Hall–Kier alpha value is -2.56. The molecule has 0 saturated carbocycles. The molecule has 1 N–H and O–H groups in total. The minimum Gasteiger partial charge on any atom is -0.324 e. The van der Waals surface area contributed by atoms with Crippen molar-refractivity contribution in [3.05, 3.63) is 53.3 Å². The van der Waals surface area contributed by atoms with Crippen LogP contribution in [-0.4, -0.2) is 47.0 Å². The van der Waals surface area contributed by atoms with Crippen LogP contribution in [0.4, 0.5) is 5.69 Å². The Kier molecular flexibility index (Phi) is 5.40. The maximum absolute atomic E-state index is 12.4. The number of pyridine rings is 1. The lowest BCUT2D eigenvalue weighted by Gasteiger charge is -2.15. The number of carbonyl (C=O) groups excluding carboxylic acids is 1. The molecule has 3 heterocycles. The van der Waals surface area contributed by atoms with Crippen LogP contribution in [0.15, 0.2) is 46.1 Å². The Morgan fingerprint density at radius 2 is 2.07 bits per heavy atom. The van der Waals surface area contributed by atoms with Gasteiger partial charge in [0.1, 0.15) is 4.21 Å². The maximum Gasteiger partial charge on any atom is 0.252 e. The van der Waals surface area contributed by atoms with Gasteiger partial charge < -0.3 is 5.32 Å². The molecule has 0 unspecified atom stereocenters. The van der Waals surface area contributed by atoms with E-state index < -0.39 is 15.9 Å². The Morgan fingerprint density at radius 3 is 2.63 bits per heavy atom. The molecule has 0 radical (unpaired) electrons. The quantitative estimate of drug-likeness (QED) is 0.678. The van der Waals surface area contributed by atoms with E-state index in [0.717, 1.165) is 27.0 Å². The highest BCUT2D eigenvalue weighted by molar-refractivity contribution is 7.91. The topological polar surface area (TPSA) is 97.2 Å². The van der Waals surface area contributed by atoms with E-state index in [1.54, 1.807) is 28.3 Å². The number of rotatable bonds is 6. The molecule has 142 valence electrons. The first-order valence-electron chi connectivity index (χ1n) is 8.07. The lowest BCUT2D eigenvalue weighted by atomic mass is 10.3. The molecule has 27 heavy (non-hydrogen) atoms. The number of carbonyl (C=O) groups is 1. The summed E-state index contributed by atoms with van der Waals surface area (Å²) in [4.78, 5) is 16.5. The second kappa shape index (κ2) is 7.59. The van der Waals surface area contributed by atoms with Gasteiger partial charge in [-0.05, 0) is 43.5 Å². The zero-order chi connectivity index (χ0) is 19.6. The fraction of sp³-hybridized carbons (Fsp3) is 0.235. The van der Waals surface area contributed by atoms with Crippen molar-refractivity contribution in [1.82, 2.24) is 19.1 Å². The number of thiophene rings is 1. The molecule has 8 nitrogen and oxygen atoms in total. The molecule has 0 aliphatic heterocycles. The van der Waals surface area contributed by atoms with Crippen LogP contribution in [0.2, 0.25) is 0 Å². The summed E-state index contributed by atoms with van der Waals surface area (Å²) in [5.74, 6) is 0.189. The Bertz CT molecular complexity index is 1040. The van der Waals surface area contributed by atoms with Crippen molar-refractivity contribution in [1.29, 1.82) is 0 Å². The van der Waals surface area contributed by atoms with Crippen molar-refractivity contribution in [2.45, 2.75) is 18.1 Å². The molecule has 3 rings (SSSR count). The molecule has 0 aliphatic carbocycles. The van der Waals surface area contributed by atoms with Crippen LogP contribution in [0, 0.1) is 13.8 Å². The van der Waals surface area contributed by atoms with Gasteiger partial charge in [-0.3, -0.25) is 4.79 Å². The molecule has 1 amide bonds. The van der Waals surface area contributed by atoms with E-state index in [9.17, 15) is 13.2 Å². The van der Waals surface area contributed by atoms with Crippen LogP contribution in [0.5, 0.6) is 0 Å². The summed E-state index contributed by atoms with van der Waals surface area (Å²) in [7, 11) is -2.29. The van der Waals surface area contributed by atoms with Crippen molar-refractivity contribution >= 4 is 33.0 Å². The highest BCUT2D eigenvalue weighted by Gasteiger charge is 2.23. The number of nitrogens with zero attached hydrogens (tertiary/aromatic N) is 4. The molecule has 0 aromatic carbocycles. The van der Waals surface area contributed by atoms with Crippen molar-refractivity contribution in [3.8, 4) is 5.82 Å². The third kappa shape index (κ3) is 4.24. The SMILES string of the molecule is Cc1cc(C)n(-c2ccc(NC(=O)CN(C)S(=O)(=O)c3cccs3)cn2)n1. The molecule has 0 spiro atoms. The molecular weight excluding hydrogens is 386 g/mol. The van der Waals surface area contributed by atoms with E-state index in [1.165, 1.54) is 19.3 Å². The van der Waals surface area contributed by atoms with Gasteiger partial charge in [0.25, 0.3) is 10.0 Å². The highest BCUT2D eigenvalue weighted by Crippen LogP contribution is 2.19. The molecule has 0 atom stereocenters. The summed E-state index contributed by atoms with van der Waals surface area (Å²) in [5.41, 5.74) is 2.33. The average Bonchev–Trinajstić information content (AvgIpc) is 3.25. The monoisotopic (exact) mass is 405 g/mol. The molecule has 0 bridgehead atoms. The van der Waals surface area contributed by atoms with E-state index in [4.69, 9.17) is 0 Å². The average molecular weight is 406 g/mol. The van der Waals surface area contributed by atoms with Gasteiger partial charge in [0.15, 0.2) is 5.82 Å². The van der Waals surface area contributed by atoms with Crippen LogP contribution in [0.25, 0.3) is 5.82 Å². The first-order chi connectivity index (χ1) is 12.8. The van der Waals surface area contributed by atoms with E-state index in [-0.39, 0.29) is 10.8 Å². The molecule has 0 fully saturated rings. The second-order valence-corrected chi connectivity index (χ2v) is 9.20. The van der Waals surface area contributed by atoms with Gasteiger partial charge in [0.05, 0.1) is 24.1 Å². The number of anilines is 1.